The van der Waals surface area contributed by atoms with E-state index in [-0.39, 0.29) is 66.6 Å². The van der Waals surface area contributed by atoms with Gasteiger partial charge in [0.25, 0.3) is 0 Å². The first-order valence-corrected chi connectivity index (χ1v) is 11.7. The summed E-state index contributed by atoms with van der Waals surface area (Å²) in [6.45, 7) is 2.89. The fourth-order valence-electron chi connectivity index (χ4n) is 7.19. The summed E-state index contributed by atoms with van der Waals surface area (Å²) in [6, 6.07) is 0. The van der Waals surface area contributed by atoms with Crippen LogP contribution in [0.1, 0.15) is 78.4 Å². The molecule has 0 bridgehead atoms. The first kappa shape index (κ1) is 18.8. The molecule has 4 aliphatic carbocycles. The minimum atomic E-state index is -5.55. The Morgan fingerprint density at radius 3 is 2.50 bits per heavy atom. The average molecular weight is 458 g/mol. The summed E-state index contributed by atoms with van der Waals surface area (Å²) < 4.78 is 81.2. The summed E-state index contributed by atoms with van der Waals surface area (Å²) in [7, 11) is -5.55. The molecule has 166 valence electrons. The van der Waals surface area contributed by atoms with E-state index in [9.17, 15) is 28.0 Å². The topological polar surface area (TPSA) is 124 Å². The predicted molar refractivity (Wildman–Crippen MR) is 103 cm³/mol. The minimum absolute atomic E-state index is 0. The van der Waals surface area contributed by atoms with Gasteiger partial charge < -0.3 is 14.8 Å². The fraction of sp³-hybridized carbons (Fsp3) is 0.952. The first-order chi connectivity index (χ1) is 15.3. The van der Waals surface area contributed by atoms with Crippen molar-refractivity contribution in [3.05, 3.63) is 0 Å². The first-order valence-electron chi connectivity index (χ1n) is 12.8. The van der Waals surface area contributed by atoms with Gasteiger partial charge >= 0.3 is 29.6 Å². The second-order valence-corrected chi connectivity index (χ2v) is 10.8. The molecule has 0 unspecified atom stereocenters. The van der Waals surface area contributed by atoms with Gasteiger partial charge in [0.15, 0.2) is 5.78 Å². The van der Waals surface area contributed by atoms with E-state index in [0.717, 1.165) is 0 Å². The normalized spacial score (nSPS) is 56.4. The molecule has 30 heavy (non-hydrogen) atoms. The van der Waals surface area contributed by atoms with Crippen LogP contribution in [0.25, 0.3) is 0 Å². The van der Waals surface area contributed by atoms with Gasteiger partial charge in [-0.2, -0.15) is 0 Å². The van der Waals surface area contributed by atoms with Gasteiger partial charge in [-0.25, -0.2) is 8.42 Å². The molecule has 9 heteroatoms. The van der Waals surface area contributed by atoms with E-state index in [1.807, 2.05) is 6.92 Å². The SMILES string of the molecule is [2H]C1([2H])C[C@]2(C)[C@H]3CC[C@@]4(C)[C@@H](CC[C@]4(O)C(=O)CO)[C@@H]3CC[C@H]2C([2H])([2H])[C@]1([2H])OS(=O)(=O)[O-].[Na+]. The van der Waals surface area contributed by atoms with Crippen LogP contribution in [-0.2, 0) is 19.4 Å². The molecule has 0 heterocycles. The average Bonchev–Trinajstić information content (AvgIpc) is 2.96. The molecule has 0 aromatic carbocycles. The third-order valence-electron chi connectivity index (χ3n) is 8.75. The number of rotatable bonds is 4. The molecule has 0 saturated heterocycles. The molecule has 0 aliphatic heterocycles. The summed E-state index contributed by atoms with van der Waals surface area (Å²) in [6.07, 6.45) is -6.68. The van der Waals surface area contributed by atoms with Crippen molar-refractivity contribution >= 4 is 16.2 Å². The third-order valence-corrected chi connectivity index (χ3v) is 9.12. The Labute approximate surface area is 208 Å². The fourth-order valence-corrected chi connectivity index (χ4v) is 7.50. The zero-order valence-corrected chi connectivity index (χ0v) is 20.6. The molecule has 0 radical (unpaired) electrons. The largest absolute Gasteiger partial charge is 1.00 e. The standard InChI is InChI=1S/C21H34O7S.Na/c1-19-8-5-14(28-29(25,26)27)11-13(19)3-4-15-16(19)6-9-20(2)17(15)7-10-21(20,24)18(23)12-22;/h13-17,22,24H,3-12H2,1-2H3,(H,25,26,27);/q;+1/p-1/t13-,14+,15+,16-,17-,19-,20-,21-;/m0./s1/i5D2,11D2,14D;. The van der Waals surface area contributed by atoms with Crippen LogP contribution in [0.5, 0.6) is 0 Å². The van der Waals surface area contributed by atoms with Crippen molar-refractivity contribution in [3.63, 3.8) is 0 Å². The molecule has 2 N–H and O–H groups in total. The van der Waals surface area contributed by atoms with E-state index in [2.05, 4.69) is 4.18 Å². The van der Waals surface area contributed by atoms with Crippen LogP contribution in [0.15, 0.2) is 0 Å². The number of carbonyl (C=O) groups is 1. The van der Waals surface area contributed by atoms with E-state index < -0.39 is 64.0 Å². The number of hydrogen-bond donors (Lipinski definition) is 2. The zero-order valence-electron chi connectivity index (χ0n) is 22.8. The van der Waals surface area contributed by atoms with Crippen molar-refractivity contribution in [2.75, 3.05) is 6.61 Å². The monoisotopic (exact) mass is 457 g/mol. The maximum absolute atomic E-state index is 12.5. The van der Waals surface area contributed by atoms with Crippen LogP contribution in [0, 0.1) is 34.5 Å². The molecule has 4 aliphatic rings. The van der Waals surface area contributed by atoms with Gasteiger partial charge in [-0.1, -0.05) is 13.8 Å². The number of hydrogen-bond acceptors (Lipinski definition) is 7. The quantitative estimate of drug-likeness (QED) is 0.321. The molecule has 0 aromatic heterocycles. The Morgan fingerprint density at radius 2 is 1.87 bits per heavy atom. The van der Waals surface area contributed by atoms with Gasteiger partial charge in [0.1, 0.15) is 12.2 Å². The van der Waals surface area contributed by atoms with E-state index in [1.165, 1.54) is 0 Å². The summed E-state index contributed by atoms with van der Waals surface area (Å²) >= 11 is 0. The van der Waals surface area contributed by atoms with E-state index in [1.54, 1.807) is 6.92 Å². The number of aliphatic hydroxyl groups excluding tert-OH is 1. The van der Waals surface area contributed by atoms with Gasteiger partial charge in [0.2, 0.25) is 10.4 Å². The Hall–Kier alpha value is 0.460. The minimum Gasteiger partial charge on any atom is -0.726 e. The van der Waals surface area contributed by atoms with Crippen LogP contribution < -0.4 is 29.6 Å². The molecule has 7 nitrogen and oxygen atoms in total. The molecular weight excluding hydrogens is 419 g/mol. The van der Waals surface area contributed by atoms with Crippen LogP contribution >= 0.6 is 0 Å². The maximum Gasteiger partial charge on any atom is 1.00 e. The molecule has 4 fully saturated rings. The summed E-state index contributed by atoms with van der Waals surface area (Å²) in [5.74, 6) is -1.82. The third kappa shape index (κ3) is 3.77. The van der Waals surface area contributed by atoms with Gasteiger partial charge in [0.05, 0.1) is 7.45 Å². The van der Waals surface area contributed by atoms with Crippen LogP contribution in [0.3, 0.4) is 0 Å². The van der Waals surface area contributed by atoms with Crippen molar-refractivity contribution in [2.45, 2.75) is 83.2 Å². The molecular formula is C21H33NaO7S. The summed E-state index contributed by atoms with van der Waals surface area (Å²) in [5.41, 5.74) is -3.36. The van der Waals surface area contributed by atoms with Crippen molar-refractivity contribution in [1.82, 2.24) is 0 Å². The van der Waals surface area contributed by atoms with E-state index in [4.69, 9.17) is 6.85 Å². The van der Waals surface area contributed by atoms with Crippen LogP contribution in [0.2, 0.25) is 0 Å². The van der Waals surface area contributed by atoms with Gasteiger partial charge in [-0.3, -0.25) is 8.98 Å². The number of Topliss-reactive ketones (excluding diaryl/α,β-unsaturated/α-hetero) is 1. The van der Waals surface area contributed by atoms with Gasteiger partial charge in [-0.15, -0.1) is 0 Å². The molecule has 8 atom stereocenters. The van der Waals surface area contributed by atoms with Crippen molar-refractivity contribution < 1.29 is 68.6 Å². The predicted octanol–water partition coefficient (Wildman–Crippen LogP) is -0.829. The molecule has 0 amide bonds. The number of ketones is 1. The molecule has 0 spiro atoms. The van der Waals surface area contributed by atoms with Crippen LogP contribution in [-0.4, -0.2) is 47.3 Å². The number of aliphatic hydroxyl groups is 2. The number of carbonyl (C=O) groups excluding carboxylic acids is 1. The Bertz CT molecular complexity index is 999. The Kier molecular flexibility index (Phi) is 5.24. The van der Waals surface area contributed by atoms with Gasteiger partial charge in [-0.05, 0) is 86.8 Å². The second-order valence-electron chi connectivity index (χ2n) is 9.77. The Morgan fingerprint density at radius 1 is 1.20 bits per heavy atom. The van der Waals surface area contributed by atoms with Gasteiger partial charge in [0, 0.05) is 10.9 Å². The van der Waals surface area contributed by atoms with Crippen molar-refractivity contribution in [3.8, 4) is 0 Å². The van der Waals surface area contributed by atoms with Crippen molar-refractivity contribution in [1.29, 1.82) is 0 Å². The summed E-state index contributed by atoms with van der Waals surface area (Å²) in [4.78, 5) is 12.5. The molecule has 0 aromatic rings. The van der Waals surface area contributed by atoms with Crippen LogP contribution in [0.4, 0.5) is 0 Å². The molecule has 4 saturated carbocycles. The number of fused-ring (bicyclic) bond motifs is 5. The Balaban J connectivity index is 0.00000342. The molecule has 4 rings (SSSR count). The maximum atomic E-state index is 12.5. The zero-order chi connectivity index (χ0) is 25.8. The summed E-state index contributed by atoms with van der Waals surface area (Å²) in [5, 5.41) is 20.7. The smallest absolute Gasteiger partial charge is 0.726 e. The second kappa shape index (κ2) is 8.35. The van der Waals surface area contributed by atoms with E-state index in [0.29, 0.717) is 25.7 Å². The van der Waals surface area contributed by atoms with E-state index >= 15 is 0 Å². The van der Waals surface area contributed by atoms with Crippen molar-refractivity contribution in [2.24, 2.45) is 34.5 Å².